The van der Waals surface area contributed by atoms with Gasteiger partial charge in [-0.3, -0.25) is 4.79 Å². The van der Waals surface area contributed by atoms with Crippen LogP contribution >= 0.6 is 0 Å². The standard InChI is InChI=1S/C26H44O4Si/c1-24(2,3)31(6,7)30-23-11-9-21-19-8-10-22(27)20(18(19)12-14-25(21,23)4)13-15-26(5)28-16-17-29-26/h19,21,23H,8-17H2,1-7H3/t19-,21+,23+,25+/m1/s1/i5+1,13+1,15+1,20+1,26+1. The van der Waals surface area contributed by atoms with Gasteiger partial charge in [-0.1, -0.05) is 33.3 Å². The maximum absolute atomic E-state index is 12.9. The van der Waals surface area contributed by atoms with Crippen LogP contribution in [-0.4, -0.2) is 39.2 Å². The molecule has 3 fully saturated rings. The Hall–Kier alpha value is -0.493. The molecule has 0 unspecified atom stereocenters. The Balaban J connectivity index is 1.53. The van der Waals surface area contributed by atoms with Crippen molar-refractivity contribution in [3.05, 3.63) is 11.1 Å². The van der Waals surface area contributed by atoms with Crippen LogP contribution in [0.3, 0.4) is 0 Å². The molecular weight excluding hydrogens is 409 g/mol. The zero-order valence-electron chi connectivity index (χ0n) is 20.9. The molecule has 1 aliphatic heterocycles. The Kier molecular flexibility index (Phi) is 6.16. The fourth-order valence-electron chi connectivity index (χ4n) is 6.51. The van der Waals surface area contributed by atoms with Crippen molar-refractivity contribution in [2.24, 2.45) is 17.3 Å². The van der Waals surface area contributed by atoms with Crippen LogP contribution in [0, 0.1) is 17.3 Å². The first-order valence-corrected chi connectivity index (χ1v) is 15.5. The van der Waals surface area contributed by atoms with E-state index in [0.717, 1.165) is 37.7 Å². The number of rotatable bonds is 5. The van der Waals surface area contributed by atoms with Crippen molar-refractivity contribution in [2.45, 2.75) is 116 Å². The highest BCUT2D eigenvalue weighted by Gasteiger charge is 2.56. The van der Waals surface area contributed by atoms with E-state index in [4.69, 9.17) is 13.9 Å². The number of carbonyl (C=O) groups excluding carboxylic acids is 1. The molecule has 0 amide bonds. The van der Waals surface area contributed by atoms with Gasteiger partial charge in [0.25, 0.3) is 0 Å². The SMILES string of the molecule is CC(C)(C)[Si](C)(C)O[C@H]1CC[C@H]2[C@@H]3CCC(=O)[13C]([13CH2][13CH2][13C]4([13CH3])OCCO4)=C3CC[C@]12C. The second kappa shape index (κ2) is 8.07. The van der Waals surface area contributed by atoms with E-state index < -0.39 is 14.1 Å². The molecule has 0 aromatic heterocycles. The monoisotopic (exact) mass is 453 g/mol. The van der Waals surface area contributed by atoms with E-state index >= 15 is 0 Å². The lowest BCUT2D eigenvalue weighted by atomic mass is 9.60. The van der Waals surface area contributed by atoms with Crippen molar-refractivity contribution >= 4 is 14.1 Å². The number of ether oxygens (including phenoxy) is 2. The van der Waals surface area contributed by atoms with Gasteiger partial charge in [0.2, 0.25) is 0 Å². The lowest BCUT2D eigenvalue weighted by Crippen LogP contribution is -2.50. The summed E-state index contributed by atoms with van der Waals surface area (Å²) >= 11 is 0. The van der Waals surface area contributed by atoms with E-state index in [1.807, 2.05) is 6.92 Å². The number of allylic oxidation sites excluding steroid dienone is 2. The number of carbonyl (C=O) groups is 1. The molecule has 3 aliphatic carbocycles. The van der Waals surface area contributed by atoms with Crippen molar-refractivity contribution < 1.29 is 18.7 Å². The van der Waals surface area contributed by atoms with Crippen LogP contribution in [0.5, 0.6) is 0 Å². The molecule has 0 bridgehead atoms. The third-order valence-corrected chi connectivity index (χ3v) is 14.1. The average molecular weight is 454 g/mol. The van der Waals surface area contributed by atoms with Crippen molar-refractivity contribution in [3.8, 4) is 0 Å². The zero-order chi connectivity index (χ0) is 22.7. The molecule has 4 atom stereocenters. The van der Waals surface area contributed by atoms with E-state index in [2.05, 4.69) is 40.8 Å². The van der Waals surface area contributed by atoms with Gasteiger partial charge < -0.3 is 13.9 Å². The number of fused-ring (bicyclic) bond motifs is 3. The smallest absolute Gasteiger partial charge is 0.192 e. The van der Waals surface area contributed by atoms with E-state index in [0.29, 0.717) is 43.4 Å². The van der Waals surface area contributed by atoms with Gasteiger partial charge in [-0.25, -0.2) is 0 Å². The van der Waals surface area contributed by atoms with Gasteiger partial charge in [0.05, 0.1) is 19.3 Å². The molecule has 4 rings (SSSR count). The molecule has 31 heavy (non-hydrogen) atoms. The zero-order valence-corrected chi connectivity index (χ0v) is 21.9. The van der Waals surface area contributed by atoms with Crippen molar-refractivity contribution in [3.63, 3.8) is 0 Å². The van der Waals surface area contributed by atoms with Gasteiger partial charge in [-0.15, -0.1) is 0 Å². The minimum atomic E-state index is -1.79. The minimum Gasteiger partial charge on any atom is -0.413 e. The Labute approximate surface area is 190 Å². The molecule has 1 heterocycles. The summed E-state index contributed by atoms with van der Waals surface area (Å²) in [5, 5.41) is 0.242. The highest BCUT2D eigenvalue weighted by molar-refractivity contribution is 6.74. The lowest BCUT2D eigenvalue weighted by molar-refractivity contribution is -0.146. The summed E-state index contributed by atoms with van der Waals surface area (Å²) in [4.78, 5) is 12.9. The van der Waals surface area contributed by atoms with E-state index in [-0.39, 0.29) is 10.5 Å². The van der Waals surface area contributed by atoms with Crippen LogP contribution in [-0.2, 0) is 18.7 Å². The fourth-order valence-corrected chi connectivity index (χ4v) is 7.97. The van der Waals surface area contributed by atoms with Crippen LogP contribution < -0.4 is 0 Å². The molecule has 1 saturated heterocycles. The highest BCUT2D eigenvalue weighted by Crippen LogP contribution is 2.60. The Bertz CT molecular complexity index is 743. The third kappa shape index (κ3) is 4.25. The molecule has 4 nitrogen and oxygen atoms in total. The summed E-state index contributed by atoms with van der Waals surface area (Å²) in [6.45, 7) is 17.6. The molecule has 4 aliphatic rings. The van der Waals surface area contributed by atoms with Crippen LogP contribution in [0.4, 0.5) is 0 Å². The quantitative estimate of drug-likeness (QED) is 0.357. The molecule has 2 saturated carbocycles. The van der Waals surface area contributed by atoms with Crippen LogP contribution in [0.15, 0.2) is 11.1 Å². The maximum atomic E-state index is 12.9. The van der Waals surface area contributed by atoms with Crippen LogP contribution in [0.2, 0.25) is 18.1 Å². The van der Waals surface area contributed by atoms with Gasteiger partial charge in [-0.05, 0) is 86.4 Å². The number of Topliss-reactive ketones (excluding diaryl/α,β-unsaturated/α-hetero) is 1. The van der Waals surface area contributed by atoms with Gasteiger partial charge in [0, 0.05) is 12.8 Å². The Morgan fingerprint density at radius 3 is 2.39 bits per heavy atom. The van der Waals surface area contributed by atoms with Gasteiger partial charge >= 0.3 is 0 Å². The normalized spacial score (nSPS) is 36.0. The molecule has 0 radical (unpaired) electrons. The summed E-state index contributed by atoms with van der Waals surface area (Å²) in [7, 11) is -1.79. The van der Waals surface area contributed by atoms with Gasteiger partial charge in [0.15, 0.2) is 19.9 Å². The number of ketones is 1. The molecular formula is C26H44O4Si. The first-order valence-electron chi connectivity index (χ1n) is 12.6. The number of hydrogen-bond acceptors (Lipinski definition) is 4. The Morgan fingerprint density at radius 2 is 1.74 bits per heavy atom. The summed E-state index contributed by atoms with van der Waals surface area (Å²) in [6, 6.07) is 0. The van der Waals surface area contributed by atoms with Gasteiger partial charge in [-0.2, -0.15) is 0 Å². The number of hydrogen-bond donors (Lipinski definition) is 0. The summed E-state index contributed by atoms with van der Waals surface area (Å²) in [5.41, 5.74) is 2.85. The predicted molar refractivity (Wildman–Crippen MR) is 126 cm³/mol. The maximum Gasteiger partial charge on any atom is 0.192 e. The van der Waals surface area contributed by atoms with Crippen molar-refractivity contribution in [2.75, 3.05) is 13.2 Å². The molecule has 0 aromatic rings. The highest BCUT2D eigenvalue weighted by atomic mass is 28.4. The Morgan fingerprint density at radius 1 is 1.06 bits per heavy atom. The first kappa shape index (κ1) is 23.7. The lowest BCUT2D eigenvalue weighted by Gasteiger charge is -2.50. The summed E-state index contributed by atoms with van der Waals surface area (Å²) in [5.74, 6) is 1.09. The molecule has 176 valence electrons. The van der Waals surface area contributed by atoms with Crippen LogP contribution in [0.25, 0.3) is 0 Å². The molecule has 5 heteroatoms. The average Bonchev–Trinajstić information content (AvgIpc) is 3.24. The van der Waals surface area contributed by atoms with Crippen LogP contribution in [0.1, 0.15) is 86.0 Å². The minimum absolute atomic E-state index is 0.242. The van der Waals surface area contributed by atoms with E-state index in [9.17, 15) is 4.79 Å². The summed E-state index contributed by atoms with van der Waals surface area (Å²) in [6.07, 6.45) is 8.35. The van der Waals surface area contributed by atoms with E-state index in [1.54, 1.807) is 0 Å². The third-order valence-electron chi connectivity index (χ3n) is 9.57. The van der Waals surface area contributed by atoms with Crippen molar-refractivity contribution in [1.82, 2.24) is 0 Å². The van der Waals surface area contributed by atoms with Gasteiger partial charge in [0.1, 0.15) is 0 Å². The van der Waals surface area contributed by atoms with E-state index in [1.165, 1.54) is 18.4 Å². The van der Waals surface area contributed by atoms with Crippen molar-refractivity contribution in [1.29, 1.82) is 0 Å². The second-order valence-corrected chi connectivity index (χ2v) is 17.2. The molecule has 0 aromatic carbocycles. The summed E-state index contributed by atoms with van der Waals surface area (Å²) < 4.78 is 18.6. The molecule has 0 N–H and O–H groups in total. The largest absolute Gasteiger partial charge is 0.413 e. The molecule has 0 spiro atoms. The second-order valence-electron chi connectivity index (χ2n) is 12.5. The predicted octanol–water partition coefficient (Wildman–Crippen LogP) is 6.41. The topological polar surface area (TPSA) is 44.8 Å². The first-order chi connectivity index (χ1) is 14.4. The fraction of sp³-hybridized carbons (Fsp3) is 0.885.